The van der Waals surface area contributed by atoms with Crippen molar-refractivity contribution in [1.82, 2.24) is 9.62 Å². The lowest BCUT2D eigenvalue weighted by Gasteiger charge is -2.16. The number of likely N-dealkylation sites (tertiary alicyclic amines) is 1. The highest BCUT2D eigenvalue weighted by molar-refractivity contribution is 7.89. The Hall–Kier alpha value is -1.55. The normalized spacial score (nSPS) is 16.9. The number of halogens is 1. The summed E-state index contributed by atoms with van der Waals surface area (Å²) in [5.74, 6) is 1.05. The Morgan fingerprint density at radius 3 is 2.58 bits per heavy atom. The van der Waals surface area contributed by atoms with E-state index in [4.69, 9.17) is 15.2 Å². The summed E-state index contributed by atoms with van der Waals surface area (Å²) >= 11 is 0. The third-order valence-electron chi connectivity index (χ3n) is 4.27. The summed E-state index contributed by atoms with van der Waals surface area (Å²) in [4.78, 5) is 13.9. The van der Waals surface area contributed by atoms with Crippen LogP contribution in [0.2, 0.25) is 0 Å². The minimum atomic E-state index is -3.73. The first kappa shape index (κ1) is 22.5. The van der Waals surface area contributed by atoms with E-state index in [0.717, 1.165) is 6.42 Å². The van der Waals surface area contributed by atoms with Gasteiger partial charge in [0.05, 0.1) is 19.1 Å². The zero-order chi connectivity index (χ0) is 18.4. The molecule has 1 fully saturated rings. The second kappa shape index (κ2) is 9.96. The van der Waals surface area contributed by atoms with Gasteiger partial charge in [-0.25, -0.2) is 13.1 Å². The van der Waals surface area contributed by atoms with Crippen molar-refractivity contribution in [3.05, 3.63) is 18.2 Å². The molecular weight excluding hydrogens is 382 g/mol. The summed E-state index contributed by atoms with van der Waals surface area (Å²) in [5, 5.41) is 0. The van der Waals surface area contributed by atoms with E-state index in [-0.39, 0.29) is 36.2 Å². The number of amides is 1. The van der Waals surface area contributed by atoms with E-state index in [1.54, 1.807) is 4.90 Å². The number of sulfonamides is 1. The largest absolute Gasteiger partial charge is 0.493 e. The van der Waals surface area contributed by atoms with Crippen LogP contribution in [0.1, 0.15) is 12.8 Å². The Bertz CT molecular complexity index is 714. The molecule has 2 rings (SSSR count). The minimum absolute atomic E-state index is 0. The van der Waals surface area contributed by atoms with Crippen LogP contribution < -0.4 is 19.9 Å². The first-order valence-electron chi connectivity index (χ1n) is 8.10. The highest BCUT2D eigenvalue weighted by Gasteiger charge is 2.25. The van der Waals surface area contributed by atoms with Crippen molar-refractivity contribution in [1.29, 1.82) is 0 Å². The van der Waals surface area contributed by atoms with Gasteiger partial charge in [0, 0.05) is 32.1 Å². The van der Waals surface area contributed by atoms with Crippen molar-refractivity contribution in [3.8, 4) is 11.5 Å². The third kappa shape index (κ3) is 5.47. The monoisotopic (exact) mass is 407 g/mol. The first-order valence-corrected chi connectivity index (χ1v) is 9.59. The number of carbonyl (C=O) groups excluding carboxylic acids is 1. The van der Waals surface area contributed by atoms with E-state index >= 15 is 0 Å². The van der Waals surface area contributed by atoms with Crippen LogP contribution in [0.3, 0.4) is 0 Å². The molecule has 1 saturated heterocycles. The Kier molecular flexibility index (Phi) is 8.61. The van der Waals surface area contributed by atoms with Crippen molar-refractivity contribution in [2.45, 2.75) is 17.7 Å². The number of nitrogens with one attached hydrogen (secondary N) is 1. The van der Waals surface area contributed by atoms with Gasteiger partial charge in [-0.15, -0.1) is 12.4 Å². The maximum Gasteiger partial charge on any atom is 0.240 e. The molecule has 0 spiro atoms. The molecule has 1 amide bonds. The fraction of sp³-hybridized carbons (Fsp3) is 0.562. The van der Waals surface area contributed by atoms with Crippen LogP contribution in [-0.4, -0.2) is 59.6 Å². The lowest BCUT2D eigenvalue weighted by molar-refractivity contribution is -0.130. The number of hydrogen-bond donors (Lipinski definition) is 2. The van der Waals surface area contributed by atoms with Crippen molar-refractivity contribution in [2.24, 2.45) is 11.7 Å². The quantitative estimate of drug-likeness (QED) is 0.652. The number of nitrogens with zero attached hydrogens (tertiary/aromatic N) is 1. The maximum atomic E-state index is 12.4. The zero-order valence-corrected chi connectivity index (χ0v) is 16.6. The van der Waals surface area contributed by atoms with Crippen LogP contribution in [-0.2, 0) is 14.8 Å². The lowest BCUT2D eigenvalue weighted by atomic mass is 10.1. The van der Waals surface area contributed by atoms with Gasteiger partial charge in [-0.2, -0.15) is 0 Å². The van der Waals surface area contributed by atoms with E-state index in [0.29, 0.717) is 37.1 Å². The number of methoxy groups -OCH3 is 2. The second-order valence-corrected chi connectivity index (χ2v) is 7.66. The molecule has 0 bridgehead atoms. The SMILES string of the molecule is COc1ccc(S(=O)(=O)NCCC(=O)N2CCC(CN)C2)cc1OC.Cl. The van der Waals surface area contributed by atoms with Crippen LogP contribution in [0.5, 0.6) is 11.5 Å². The zero-order valence-electron chi connectivity index (χ0n) is 14.9. The smallest absolute Gasteiger partial charge is 0.240 e. The van der Waals surface area contributed by atoms with E-state index in [1.165, 1.54) is 32.4 Å². The summed E-state index contributed by atoms with van der Waals surface area (Å²) in [6.07, 6.45) is 1.02. The van der Waals surface area contributed by atoms with Crippen molar-refractivity contribution < 1.29 is 22.7 Å². The Morgan fingerprint density at radius 2 is 2.00 bits per heavy atom. The molecule has 0 radical (unpaired) electrons. The van der Waals surface area contributed by atoms with Crippen molar-refractivity contribution >= 4 is 28.3 Å². The van der Waals surface area contributed by atoms with E-state index in [2.05, 4.69) is 4.72 Å². The van der Waals surface area contributed by atoms with Crippen LogP contribution in [0.4, 0.5) is 0 Å². The fourth-order valence-corrected chi connectivity index (χ4v) is 3.82. The molecule has 10 heteroatoms. The number of benzene rings is 1. The van der Waals surface area contributed by atoms with Crippen LogP contribution in [0.25, 0.3) is 0 Å². The molecule has 1 unspecified atom stereocenters. The third-order valence-corrected chi connectivity index (χ3v) is 5.73. The van der Waals surface area contributed by atoms with Gasteiger partial charge in [0.15, 0.2) is 11.5 Å². The predicted octanol–water partition coefficient (Wildman–Crippen LogP) is 0.601. The maximum absolute atomic E-state index is 12.4. The molecule has 1 aliphatic heterocycles. The molecular formula is C16H26ClN3O5S. The number of carbonyl (C=O) groups is 1. The molecule has 1 aromatic rings. The average molecular weight is 408 g/mol. The van der Waals surface area contributed by atoms with Crippen molar-refractivity contribution in [3.63, 3.8) is 0 Å². The summed E-state index contributed by atoms with van der Waals surface area (Å²) in [6.45, 7) is 1.94. The van der Waals surface area contributed by atoms with E-state index < -0.39 is 10.0 Å². The van der Waals surface area contributed by atoms with Crippen LogP contribution in [0, 0.1) is 5.92 Å². The average Bonchev–Trinajstić information content (AvgIpc) is 3.10. The van der Waals surface area contributed by atoms with Gasteiger partial charge >= 0.3 is 0 Å². The van der Waals surface area contributed by atoms with Gasteiger partial charge in [0.1, 0.15) is 0 Å². The molecule has 1 aliphatic rings. The molecule has 0 saturated carbocycles. The summed E-state index contributed by atoms with van der Waals surface area (Å²) in [7, 11) is -0.818. The van der Waals surface area contributed by atoms with Gasteiger partial charge in [0.25, 0.3) is 0 Å². The Balaban J connectivity index is 0.00000338. The van der Waals surface area contributed by atoms with Gasteiger partial charge in [0.2, 0.25) is 15.9 Å². The van der Waals surface area contributed by atoms with E-state index in [9.17, 15) is 13.2 Å². The highest BCUT2D eigenvalue weighted by Crippen LogP contribution is 2.29. The molecule has 148 valence electrons. The summed E-state index contributed by atoms with van der Waals surface area (Å²) in [6, 6.07) is 4.34. The minimum Gasteiger partial charge on any atom is -0.493 e. The Morgan fingerprint density at radius 1 is 1.31 bits per heavy atom. The van der Waals surface area contributed by atoms with Crippen molar-refractivity contribution in [2.75, 3.05) is 40.4 Å². The molecule has 1 atom stereocenters. The molecule has 8 nitrogen and oxygen atoms in total. The number of ether oxygens (including phenoxy) is 2. The molecule has 0 aliphatic carbocycles. The fourth-order valence-electron chi connectivity index (χ4n) is 2.77. The molecule has 0 aromatic heterocycles. The Labute approximate surface area is 160 Å². The lowest BCUT2D eigenvalue weighted by Crippen LogP contribution is -2.33. The first-order chi connectivity index (χ1) is 11.9. The highest BCUT2D eigenvalue weighted by atomic mass is 35.5. The van der Waals surface area contributed by atoms with Gasteiger partial charge in [-0.3, -0.25) is 4.79 Å². The second-order valence-electron chi connectivity index (χ2n) is 5.89. The number of hydrogen-bond acceptors (Lipinski definition) is 6. The molecule has 1 aromatic carbocycles. The van der Waals surface area contributed by atoms with Gasteiger partial charge < -0.3 is 20.1 Å². The summed E-state index contributed by atoms with van der Waals surface area (Å²) < 4.78 is 37.4. The standard InChI is InChI=1S/C16H25N3O5S.ClH/c1-23-14-4-3-13(9-15(14)24-2)25(21,22)18-7-5-16(20)19-8-6-12(10-17)11-19;/h3-4,9,12,18H,5-8,10-11,17H2,1-2H3;1H. The molecule has 1 heterocycles. The van der Waals surface area contributed by atoms with Crippen LogP contribution in [0.15, 0.2) is 23.1 Å². The van der Waals surface area contributed by atoms with Gasteiger partial charge in [-0.05, 0) is 31.0 Å². The molecule has 3 N–H and O–H groups in total. The number of nitrogens with two attached hydrogens (primary N) is 1. The topological polar surface area (TPSA) is 111 Å². The predicted molar refractivity (Wildman–Crippen MR) is 100 cm³/mol. The summed E-state index contributed by atoms with van der Waals surface area (Å²) in [5.41, 5.74) is 5.61. The van der Waals surface area contributed by atoms with Crippen LogP contribution >= 0.6 is 12.4 Å². The van der Waals surface area contributed by atoms with E-state index in [1.807, 2.05) is 0 Å². The molecule has 26 heavy (non-hydrogen) atoms. The number of rotatable bonds is 8. The van der Waals surface area contributed by atoms with Gasteiger partial charge in [-0.1, -0.05) is 0 Å².